The summed E-state index contributed by atoms with van der Waals surface area (Å²) < 4.78 is 0. The normalized spacial score (nSPS) is 25.6. The number of piperazine rings is 1. The molecule has 1 saturated heterocycles. The van der Waals surface area contributed by atoms with Crippen molar-refractivity contribution in [3.8, 4) is 0 Å². The number of anilines is 1. The van der Waals surface area contributed by atoms with Gasteiger partial charge in [-0.3, -0.25) is 4.79 Å². The van der Waals surface area contributed by atoms with Crippen molar-refractivity contribution in [1.82, 2.24) is 15.6 Å². The molecule has 5 nitrogen and oxygen atoms in total. The van der Waals surface area contributed by atoms with Crippen LogP contribution in [0.15, 0.2) is 0 Å². The van der Waals surface area contributed by atoms with E-state index in [0.717, 1.165) is 37.6 Å². The van der Waals surface area contributed by atoms with Crippen molar-refractivity contribution < 1.29 is 4.79 Å². The molecule has 21 heavy (non-hydrogen) atoms. The minimum atomic E-state index is -0.0658. The van der Waals surface area contributed by atoms with Crippen LogP contribution in [-0.4, -0.2) is 36.6 Å². The third kappa shape index (κ3) is 2.79. The number of rotatable bonds is 4. The van der Waals surface area contributed by atoms with Gasteiger partial charge >= 0.3 is 0 Å². The van der Waals surface area contributed by atoms with Crippen molar-refractivity contribution >= 4 is 22.4 Å². The number of carbonyl (C=O) groups excluding carboxylic acids is 1. The fourth-order valence-corrected chi connectivity index (χ4v) is 4.62. The number of aryl methyl sites for hydroxylation is 1. The van der Waals surface area contributed by atoms with E-state index < -0.39 is 0 Å². The van der Waals surface area contributed by atoms with Crippen LogP contribution in [0.2, 0.25) is 0 Å². The number of thiazole rings is 1. The highest BCUT2D eigenvalue weighted by Crippen LogP contribution is 2.38. The lowest BCUT2D eigenvalue weighted by atomic mass is 9.98. The van der Waals surface area contributed by atoms with Crippen molar-refractivity contribution in [3.05, 3.63) is 10.6 Å². The van der Waals surface area contributed by atoms with E-state index in [9.17, 15) is 4.79 Å². The molecule has 0 bridgehead atoms. The van der Waals surface area contributed by atoms with Crippen LogP contribution in [-0.2, 0) is 11.2 Å². The summed E-state index contributed by atoms with van der Waals surface area (Å²) in [6.07, 6.45) is 4.29. The zero-order valence-corrected chi connectivity index (χ0v) is 13.6. The Hall–Kier alpha value is -1.14. The third-order valence-corrected chi connectivity index (χ3v) is 5.60. The highest BCUT2D eigenvalue weighted by Gasteiger charge is 2.32. The fourth-order valence-electron chi connectivity index (χ4n) is 3.32. The summed E-state index contributed by atoms with van der Waals surface area (Å²) in [5.41, 5.74) is 1.24. The summed E-state index contributed by atoms with van der Waals surface area (Å²) in [6.45, 7) is 6.79. The van der Waals surface area contributed by atoms with Crippen LogP contribution in [0.1, 0.15) is 49.7 Å². The molecule has 2 aliphatic rings. The number of hydrogen-bond donors (Lipinski definition) is 2. The van der Waals surface area contributed by atoms with Gasteiger partial charge in [0.15, 0.2) is 5.13 Å². The van der Waals surface area contributed by atoms with Crippen LogP contribution in [0.3, 0.4) is 0 Å². The lowest BCUT2D eigenvalue weighted by Crippen LogP contribution is -2.55. The summed E-state index contributed by atoms with van der Waals surface area (Å²) >= 11 is 1.78. The van der Waals surface area contributed by atoms with Gasteiger partial charge in [0.25, 0.3) is 0 Å². The van der Waals surface area contributed by atoms with Gasteiger partial charge in [0, 0.05) is 24.0 Å². The SMILES string of the molecule is CCNC1CCCc2nc(N3CCNC(=O)C3CC)sc21. The fraction of sp³-hybridized carbons (Fsp3) is 0.733. The second-order valence-corrected chi connectivity index (χ2v) is 6.73. The van der Waals surface area contributed by atoms with Crippen molar-refractivity contribution in [2.75, 3.05) is 24.5 Å². The zero-order chi connectivity index (χ0) is 14.8. The molecule has 0 saturated carbocycles. The van der Waals surface area contributed by atoms with E-state index in [1.165, 1.54) is 23.4 Å². The van der Waals surface area contributed by atoms with E-state index in [1.54, 1.807) is 11.3 Å². The Bertz CT molecular complexity index is 516. The average Bonchev–Trinajstić information content (AvgIpc) is 2.92. The van der Waals surface area contributed by atoms with Crippen LogP contribution in [0.5, 0.6) is 0 Å². The van der Waals surface area contributed by atoms with Gasteiger partial charge in [-0.15, -0.1) is 0 Å². The Morgan fingerprint density at radius 3 is 3.10 bits per heavy atom. The molecule has 3 rings (SSSR count). The third-order valence-electron chi connectivity index (χ3n) is 4.35. The molecule has 1 aliphatic carbocycles. The maximum Gasteiger partial charge on any atom is 0.242 e. The monoisotopic (exact) mass is 308 g/mol. The molecule has 2 atom stereocenters. The van der Waals surface area contributed by atoms with Gasteiger partial charge in [-0.25, -0.2) is 4.98 Å². The van der Waals surface area contributed by atoms with Crippen molar-refractivity contribution in [2.24, 2.45) is 0 Å². The molecule has 1 aromatic heterocycles. The van der Waals surface area contributed by atoms with E-state index in [1.807, 2.05) is 0 Å². The first-order valence-corrected chi connectivity index (χ1v) is 8.83. The van der Waals surface area contributed by atoms with Crippen LogP contribution < -0.4 is 15.5 Å². The van der Waals surface area contributed by atoms with Gasteiger partial charge < -0.3 is 15.5 Å². The highest BCUT2D eigenvalue weighted by atomic mass is 32.1. The molecule has 2 unspecified atom stereocenters. The van der Waals surface area contributed by atoms with Gasteiger partial charge in [0.2, 0.25) is 5.91 Å². The number of nitrogens with one attached hydrogen (secondary N) is 2. The Labute approximate surface area is 130 Å². The first kappa shape index (κ1) is 14.8. The van der Waals surface area contributed by atoms with Gasteiger partial charge in [0.1, 0.15) is 6.04 Å². The molecule has 116 valence electrons. The average molecular weight is 308 g/mol. The lowest BCUT2D eigenvalue weighted by molar-refractivity contribution is -0.123. The predicted octanol–water partition coefficient (Wildman–Crippen LogP) is 1.84. The molecule has 0 aromatic carbocycles. The van der Waals surface area contributed by atoms with Crippen molar-refractivity contribution in [2.45, 2.75) is 51.6 Å². The van der Waals surface area contributed by atoms with E-state index in [4.69, 9.17) is 4.98 Å². The van der Waals surface area contributed by atoms with E-state index >= 15 is 0 Å². The Morgan fingerprint density at radius 2 is 2.33 bits per heavy atom. The molecule has 1 amide bonds. The summed E-state index contributed by atoms with van der Waals surface area (Å²) in [4.78, 5) is 20.5. The quantitative estimate of drug-likeness (QED) is 0.891. The summed E-state index contributed by atoms with van der Waals surface area (Å²) in [6, 6.07) is 0.382. The Kier molecular flexibility index (Phi) is 4.45. The molecule has 0 radical (unpaired) electrons. The van der Waals surface area contributed by atoms with E-state index in [0.29, 0.717) is 6.04 Å². The minimum Gasteiger partial charge on any atom is -0.353 e. The topological polar surface area (TPSA) is 57.3 Å². The zero-order valence-electron chi connectivity index (χ0n) is 12.8. The molecular formula is C15H24N4OS. The largest absolute Gasteiger partial charge is 0.353 e. The Balaban J connectivity index is 1.87. The smallest absolute Gasteiger partial charge is 0.242 e. The molecule has 1 aromatic rings. The maximum absolute atomic E-state index is 12.0. The van der Waals surface area contributed by atoms with Gasteiger partial charge in [-0.1, -0.05) is 25.2 Å². The number of aromatic nitrogens is 1. The lowest BCUT2D eigenvalue weighted by Gasteiger charge is -2.34. The molecule has 2 heterocycles. The summed E-state index contributed by atoms with van der Waals surface area (Å²) in [5.74, 6) is 0.139. The first-order valence-electron chi connectivity index (χ1n) is 8.02. The van der Waals surface area contributed by atoms with Crippen LogP contribution in [0.25, 0.3) is 0 Å². The summed E-state index contributed by atoms with van der Waals surface area (Å²) in [7, 11) is 0. The number of amides is 1. The van der Waals surface area contributed by atoms with Crippen molar-refractivity contribution in [1.29, 1.82) is 0 Å². The number of fused-ring (bicyclic) bond motifs is 1. The van der Waals surface area contributed by atoms with Gasteiger partial charge in [-0.05, 0) is 32.2 Å². The van der Waals surface area contributed by atoms with E-state index in [2.05, 4.69) is 29.4 Å². The maximum atomic E-state index is 12.0. The minimum absolute atomic E-state index is 0.0658. The molecule has 1 fully saturated rings. The van der Waals surface area contributed by atoms with Crippen LogP contribution in [0.4, 0.5) is 5.13 Å². The standard InChI is InChI=1S/C15H24N4OS/c1-3-12-14(20)17-8-9-19(12)15-18-11-7-5-6-10(16-4-2)13(11)21-15/h10,12,16H,3-9H2,1-2H3,(H,17,20). The second-order valence-electron chi connectivity index (χ2n) is 5.72. The molecule has 1 aliphatic heterocycles. The molecular weight excluding hydrogens is 284 g/mol. The summed E-state index contributed by atoms with van der Waals surface area (Å²) in [5, 5.41) is 7.55. The first-order chi connectivity index (χ1) is 10.2. The van der Waals surface area contributed by atoms with E-state index in [-0.39, 0.29) is 11.9 Å². The molecule has 6 heteroatoms. The van der Waals surface area contributed by atoms with Crippen LogP contribution in [0, 0.1) is 0 Å². The number of nitrogens with zero attached hydrogens (tertiary/aromatic N) is 2. The molecule has 0 spiro atoms. The van der Waals surface area contributed by atoms with Gasteiger partial charge in [-0.2, -0.15) is 0 Å². The number of hydrogen-bond acceptors (Lipinski definition) is 5. The number of carbonyl (C=O) groups is 1. The van der Waals surface area contributed by atoms with Crippen LogP contribution >= 0.6 is 11.3 Å². The van der Waals surface area contributed by atoms with Crippen molar-refractivity contribution in [3.63, 3.8) is 0 Å². The highest BCUT2D eigenvalue weighted by molar-refractivity contribution is 7.15. The predicted molar refractivity (Wildman–Crippen MR) is 85.9 cm³/mol. The Morgan fingerprint density at radius 1 is 1.48 bits per heavy atom. The molecule has 2 N–H and O–H groups in total. The van der Waals surface area contributed by atoms with Gasteiger partial charge in [0.05, 0.1) is 5.69 Å². The second kappa shape index (κ2) is 6.32.